The molecule has 5 rings (SSSR count). The zero-order valence-corrected chi connectivity index (χ0v) is 21.1. The molecule has 2 aromatic carbocycles. The molecule has 0 aliphatic carbocycles. The quantitative estimate of drug-likeness (QED) is 0.369. The molecule has 1 aliphatic heterocycles. The minimum Gasteiger partial charge on any atom is -0.506 e. The molecule has 2 unspecified atom stereocenters. The summed E-state index contributed by atoms with van der Waals surface area (Å²) in [5.41, 5.74) is 7.22. The predicted octanol–water partition coefficient (Wildman–Crippen LogP) is 5.44. The SMILES string of the molecule is Cc1cc(C2C(c3ccccn3)NC(=S)N2c2ccccc2O)c(C)n1-c1ccc(N(C)C)cc1. The van der Waals surface area contributed by atoms with Crippen LogP contribution in [0.25, 0.3) is 5.69 Å². The van der Waals surface area contributed by atoms with Crippen molar-refractivity contribution in [3.05, 3.63) is 102 Å². The maximum absolute atomic E-state index is 10.7. The van der Waals surface area contributed by atoms with Crippen molar-refractivity contribution >= 4 is 28.7 Å². The topological polar surface area (TPSA) is 56.6 Å². The van der Waals surface area contributed by atoms with E-state index in [-0.39, 0.29) is 17.8 Å². The predicted molar refractivity (Wildman–Crippen MR) is 146 cm³/mol. The van der Waals surface area contributed by atoms with Gasteiger partial charge in [0, 0.05) is 43.1 Å². The second-order valence-corrected chi connectivity index (χ2v) is 9.44. The standard InChI is InChI=1S/C28H29N5OS/c1-18-17-22(19(2)32(18)21-14-12-20(13-15-21)31(3)4)27-26(23-9-7-8-16-29-23)30-28(35)33(27)24-10-5-6-11-25(24)34/h5-17,26-27,34H,1-4H3,(H,30,35). The highest BCUT2D eigenvalue weighted by molar-refractivity contribution is 7.80. The van der Waals surface area contributed by atoms with Gasteiger partial charge in [-0.1, -0.05) is 18.2 Å². The average Bonchev–Trinajstić information content (AvgIpc) is 3.35. The van der Waals surface area contributed by atoms with Crippen molar-refractivity contribution in [2.24, 2.45) is 0 Å². The van der Waals surface area contributed by atoms with Crippen LogP contribution in [-0.4, -0.2) is 33.9 Å². The molecule has 0 spiro atoms. The number of thiocarbonyl (C=S) groups is 1. The summed E-state index contributed by atoms with van der Waals surface area (Å²) in [6, 6.07) is 23.7. The fourth-order valence-electron chi connectivity index (χ4n) is 4.98. The minimum atomic E-state index is -0.188. The Balaban J connectivity index is 1.66. The molecule has 2 N–H and O–H groups in total. The van der Waals surface area contributed by atoms with Gasteiger partial charge in [0.1, 0.15) is 5.75 Å². The number of pyridine rings is 1. The van der Waals surface area contributed by atoms with E-state index in [2.05, 4.69) is 63.9 Å². The van der Waals surface area contributed by atoms with Crippen LogP contribution < -0.4 is 15.1 Å². The van der Waals surface area contributed by atoms with Crippen LogP contribution in [0.3, 0.4) is 0 Å². The van der Waals surface area contributed by atoms with E-state index in [1.807, 2.05) is 55.4 Å². The molecule has 3 heterocycles. The Morgan fingerprint density at radius 1 is 0.971 bits per heavy atom. The largest absolute Gasteiger partial charge is 0.506 e. The first-order valence-electron chi connectivity index (χ1n) is 11.6. The molecule has 0 amide bonds. The molecule has 0 saturated carbocycles. The molecule has 1 saturated heterocycles. The van der Waals surface area contributed by atoms with E-state index in [1.165, 1.54) is 0 Å². The molecule has 178 valence electrons. The van der Waals surface area contributed by atoms with Gasteiger partial charge in [0.25, 0.3) is 0 Å². The van der Waals surface area contributed by atoms with Gasteiger partial charge in [0.05, 0.1) is 23.5 Å². The van der Waals surface area contributed by atoms with Crippen molar-refractivity contribution in [1.82, 2.24) is 14.9 Å². The molecule has 7 heteroatoms. The Kier molecular flexibility index (Phi) is 5.94. The highest BCUT2D eigenvalue weighted by atomic mass is 32.1. The smallest absolute Gasteiger partial charge is 0.174 e. The Morgan fingerprint density at radius 3 is 2.34 bits per heavy atom. The van der Waals surface area contributed by atoms with Crippen LogP contribution in [0.2, 0.25) is 0 Å². The van der Waals surface area contributed by atoms with Crippen LogP contribution in [0.5, 0.6) is 5.75 Å². The van der Waals surface area contributed by atoms with Crippen molar-refractivity contribution < 1.29 is 5.11 Å². The van der Waals surface area contributed by atoms with Crippen LogP contribution in [0.15, 0.2) is 79.0 Å². The zero-order valence-electron chi connectivity index (χ0n) is 20.3. The molecule has 0 bridgehead atoms. The number of nitrogens with one attached hydrogen (secondary N) is 1. The van der Waals surface area contributed by atoms with Gasteiger partial charge in [-0.2, -0.15) is 0 Å². The normalized spacial score (nSPS) is 17.5. The van der Waals surface area contributed by atoms with Crippen LogP contribution in [-0.2, 0) is 0 Å². The van der Waals surface area contributed by atoms with Crippen molar-refractivity contribution in [1.29, 1.82) is 0 Å². The lowest BCUT2D eigenvalue weighted by Gasteiger charge is -2.28. The van der Waals surface area contributed by atoms with E-state index < -0.39 is 0 Å². The molecular formula is C28H29N5OS. The molecule has 4 aromatic rings. The number of aryl methyl sites for hydroxylation is 1. The summed E-state index contributed by atoms with van der Waals surface area (Å²) in [5, 5.41) is 14.8. The molecule has 6 nitrogen and oxygen atoms in total. The summed E-state index contributed by atoms with van der Waals surface area (Å²) in [7, 11) is 4.08. The van der Waals surface area contributed by atoms with Gasteiger partial charge < -0.3 is 24.8 Å². The highest BCUT2D eigenvalue weighted by Gasteiger charge is 2.43. The second kappa shape index (κ2) is 9.07. The van der Waals surface area contributed by atoms with Gasteiger partial charge in [-0.25, -0.2) is 0 Å². The van der Waals surface area contributed by atoms with E-state index in [0.29, 0.717) is 10.8 Å². The molecule has 2 aromatic heterocycles. The third-order valence-corrected chi connectivity index (χ3v) is 6.97. The number of phenolic OH excluding ortho intramolecular Hbond substituents is 1. The summed E-state index contributed by atoms with van der Waals surface area (Å²) in [6.07, 6.45) is 1.80. The number of hydrogen-bond donors (Lipinski definition) is 2. The van der Waals surface area contributed by atoms with E-state index in [0.717, 1.165) is 34.0 Å². The number of rotatable bonds is 5. The first-order valence-corrected chi connectivity index (χ1v) is 12.0. The molecular weight excluding hydrogens is 454 g/mol. The lowest BCUT2D eigenvalue weighted by Crippen LogP contribution is -2.29. The third kappa shape index (κ3) is 4.02. The van der Waals surface area contributed by atoms with Crippen molar-refractivity contribution in [3.8, 4) is 11.4 Å². The van der Waals surface area contributed by atoms with Crippen LogP contribution in [0.1, 0.15) is 34.7 Å². The number of phenols is 1. The monoisotopic (exact) mass is 483 g/mol. The number of hydrogen-bond acceptors (Lipinski definition) is 4. The summed E-state index contributed by atoms with van der Waals surface area (Å²) in [6.45, 7) is 4.26. The minimum absolute atomic E-state index is 0.173. The Bertz CT molecular complexity index is 1360. The second-order valence-electron chi connectivity index (χ2n) is 9.06. The highest BCUT2D eigenvalue weighted by Crippen LogP contribution is 2.45. The van der Waals surface area contributed by atoms with Crippen LogP contribution >= 0.6 is 12.2 Å². The van der Waals surface area contributed by atoms with E-state index in [9.17, 15) is 5.11 Å². The average molecular weight is 484 g/mol. The Morgan fingerprint density at radius 2 is 1.69 bits per heavy atom. The van der Waals surface area contributed by atoms with E-state index in [4.69, 9.17) is 12.2 Å². The summed E-state index contributed by atoms with van der Waals surface area (Å²) in [4.78, 5) is 8.76. The number of benzene rings is 2. The van der Waals surface area contributed by atoms with Gasteiger partial charge in [-0.3, -0.25) is 4.98 Å². The van der Waals surface area contributed by atoms with Crippen LogP contribution in [0.4, 0.5) is 11.4 Å². The maximum Gasteiger partial charge on any atom is 0.174 e. The van der Waals surface area contributed by atoms with Crippen molar-refractivity contribution in [3.63, 3.8) is 0 Å². The molecule has 1 aliphatic rings. The molecule has 35 heavy (non-hydrogen) atoms. The van der Waals surface area contributed by atoms with Gasteiger partial charge >= 0.3 is 0 Å². The van der Waals surface area contributed by atoms with Gasteiger partial charge in [-0.05, 0) is 86.2 Å². The molecule has 0 radical (unpaired) electrons. The lowest BCUT2D eigenvalue weighted by molar-refractivity contribution is 0.472. The van der Waals surface area contributed by atoms with Gasteiger partial charge in [0.15, 0.2) is 5.11 Å². The Hall–Kier alpha value is -3.84. The number of anilines is 2. The fourth-order valence-corrected chi connectivity index (χ4v) is 5.32. The lowest BCUT2D eigenvalue weighted by atomic mass is 9.96. The van der Waals surface area contributed by atoms with Gasteiger partial charge in [0.2, 0.25) is 0 Å². The third-order valence-electron chi connectivity index (χ3n) is 6.65. The Labute approximate surface area is 211 Å². The summed E-state index contributed by atoms with van der Waals surface area (Å²) >= 11 is 5.82. The summed E-state index contributed by atoms with van der Waals surface area (Å²) in [5.74, 6) is 0.191. The first kappa shape index (κ1) is 22.9. The van der Waals surface area contributed by atoms with E-state index >= 15 is 0 Å². The number of aromatic hydroxyl groups is 1. The fraction of sp³-hybridized carbons (Fsp3) is 0.214. The first-order chi connectivity index (χ1) is 16.9. The summed E-state index contributed by atoms with van der Waals surface area (Å²) < 4.78 is 2.27. The maximum atomic E-state index is 10.7. The number of nitrogens with zero attached hydrogens (tertiary/aromatic N) is 4. The van der Waals surface area contributed by atoms with E-state index in [1.54, 1.807) is 12.3 Å². The van der Waals surface area contributed by atoms with Crippen molar-refractivity contribution in [2.45, 2.75) is 25.9 Å². The van der Waals surface area contributed by atoms with Crippen molar-refractivity contribution in [2.75, 3.05) is 23.9 Å². The van der Waals surface area contributed by atoms with Crippen LogP contribution in [0, 0.1) is 13.8 Å². The molecule has 2 atom stereocenters. The van der Waals surface area contributed by atoms with Gasteiger partial charge in [-0.15, -0.1) is 0 Å². The number of aromatic nitrogens is 2. The zero-order chi connectivity index (χ0) is 24.7. The number of para-hydroxylation sites is 2. The molecule has 1 fully saturated rings.